The first-order chi connectivity index (χ1) is 12.7. The molecule has 1 aliphatic rings. The normalized spacial score (nSPS) is 14.6. The summed E-state index contributed by atoms with van der Waals surface area (Å²) >= 11 is 0. The van der Waals surface area contributed by atoms with Crippen LogP contribution < -0.4 is 10.6 Å². The Kier molecular flexibility index (Phi) is 6.79. The van der Waals surface area contributed by atoms with E-state index < -0.39 is 17.5 Å². The van der Waals surface area contributed by atoms with Gasteiger partial charge in [0.05, 0.1) is 13.2 Å². The van der Waals surface area contributed by atoms with E-state index in [2.05, 4.69) is 10.6 Å². The van der Waals surface area contributed by atoms with E-state index in [-0.39, 0.29) is 12.3 Å². The van der Waals surface area contributed by atoms with Gasteiger partial charge in [-0.1, -0.05) is 0 Å². The zero-order chi connectivity index (χ0) is 20.0. The summed E-state index contributed by atoms with van der Waals surface area (Å²) in [5.74, 6) is -0.950. The fourth-order valence-electron chi connectivity index (χ4n) is 2.83. The first kappa shape index (κ1) is 20.7. The minimum absolute atomic E-state index is 0.0232. The van der Waals surface area contributed by atoms with Gasteiger partial charge in [-0.05, 0) is 51.0 Å². The molecule has 0 aromatic heterocycles. The summed E-state index contributed by atoms with van der Waals surface area (Å²) < 4.78 is 5.26. The fourth-order valence-corrected chi connectivity index (χ4v) is 2.83. The molecule has 1 aromatic rings. The van der Waals surface area contributed by atoms with Crippen LogP contribution in [0.3, 0.4) is 0 Å². The lowest BCUT2D eigenvalue weighted by Gasteiger charge is -2.27. The molecule has 1 aliphatic heterocycles. The number of anilines is 1. The number of ether oxygens (including phenoxy) is 1. The van der Waals surface area contributed by atoms with Gasteiger partial charge in [0.1, 0.15) is 0 Å². The molecule has 0 bridgehead atoms. The predicted molar refractivity (Wildman–Crippen MR) is 101 cm³/mol. The van der Waals surface area contributed by atoms with Crippen LogP contribution in [0.1, 0.15) is 42.6 Å². The number of amides is 3. The highest BCUT2D eigenvalue weighted by atomic mass is 16.5. The molecule has 1 heterocycles. The minimum atomic E-state index is -0.901. The van der Waals surface area contributed by atoms with Crippen LogP contribution in [0.5, 0.6) is 0 Å². The van der Waals surface area contributed by atoms with Crippen LogP contribution in [0.2, 0.25) is 0 Å². The van der Waals surface area contributed by atoms with E-state index >= 15 is 0 Å². The van der Waals surface area contributed by atoms with Crippen LogP contribution >= 0.6 is 0 Å². The average molecular weight is 377 g/mol. The summed E-state index contributed by atoms with van der Waals surface area (Å²) in [6, 6.07) is 4.73. The summed E-state index contributed by atoms with van der Waals surface area (Å²) in [5.41, 5.74) is 1.29. The fraction of sp³-hybridized carbons (Fsp3) is 0.526. The lowest BCUT2D eigenvalue weighted by atomic mass is 9.99. The van der Waals surface area contributed by atoms with Gasteiger partial charge < -0.3 is 25.4 Å². The Hall–Kier alpha value is -2.61. The molecule has 0 atom stereocenters. The Morgan fingerprint density at radius 2 is 1.89 bits per heavy atom. The highest BCUT2D eigenvalue weighted by Crippen LogP contribution is 2.19. The van der Waals surface area contributed by atoms with Crippen LogP contribution in [0.4, 0.5) is 10.5 Å². The summed E-state index contributed by atoms with van der Waals surface area (Å²) in [6.07, 6.45) is 0.298. The molecule has 8 nitrogen and oxygen atoms in total. The van der Waals surface area contributed by atoms with Crippen molar-refractivity contribution in [1.82, 2.24) is 10.2 Å². The number of carboxylic acid groups (broad SMARTS) is 1. The van der Waals surface area contributed by atoms with Gasteiger partial charge in [-0.2, -0.15) is 0 Å². The molecule has 8 heteroatoms. The van der Waals surface area contributed by atoms with Crippen LogP contribution in [-0.4, -0.2) is 59.8 Å². The van der Waals surface area contributed by atoms with Crippen molar-refractivity contribution in [2.24, 2.45) is 0 Å². The zero-order valence-electron chi connectivity index (χ0n) is 16.0. The molecule has 0 radical (unpaired) electrons. The van der Waals surface area contributed by atoms with E-state index in [1.165, 1.54) is 0 Å². The monoisotopic (exact) mass is 377 g/mol. The molecule has 3 amide bonds. The predicted octanol–water partition coefficient (Wildman–Crippen LogP) is 2.23. The molecule has 0 saturated carbocycles. The van der Waals surface area contributed by atoms with Crippen LogP contribution in [0.25, 0.3) is 0 Å². The summed E-state index contributed by atoms with van der Waals surface area (Å²) in [5, 5.41) is 14.3. The van der Waals surface area contributed by atoms with Gasteiger partial charge in [0.25, 0.3) is 5.91 Å². The van der Waals surface area contributed by atoms with Crippen molar-refractivity contribution < 1.29 is 24.2 Å². The summed E-state index contributed by atoms with van der Waals surface area (Å²) in [4.78, 5) is 37.2. The second-order valence-electron chi connectivity index (χ2n) is 7.29. The topological polar surface area (TPSA) is 108 Å². The number of carbonyl (C=O) groups excluding carboxylic acids is 2. The van der Waals surface area contributed by atoms with Gasteiger partial charge in [-0.25, -0.2) is 4.79 Å². The maximum absolute atomic E-state index is 12.5. The second-order valence-corrected chi connectivity index (χ2v) is 7.29. The first-order valence-corrected chi connectivity index (χ1v) is 8.96. The van der Waals surface area contributed by atoms with E-state index in [4.69, 9.17) is 9.84 Å². The van der Waals surface area contributed by atoms with Gasteiger partial charge in [-0.3, -0.25) is 9.59 Å². The number of aryl methyl sites for hydroxylation is 1. The minimum Gasteiger partial charge on any atom is -0.481 e. The van der Waals surface area contributed by atoms with Gasteiger partial charge in [0.2, 0.25) is 0 Å². The number of benzene rings is 1. The molecule has 0 aliphatic carbocycles. The lowest BCUT2D eigenvalue weighted by Crippen LogP contribution is -2.45. The number of nitrogens with zero attached hydrogens (tertiary/aromatic N) is 1. The molecule has 2 rings (SSSR count). The first-order valence-electron chi connectivity index (χ1n) is 8.96. The highest BCUT2D eigenvalue weighted by Gasteiger charge is 2.22. The van der Waals surface area contributed by atoms with Gasteiger partial charge in [-0.15, -0.1) is 0 Å². The Morgan fingerprint density at radius 1 is 1.22 bits per heavy atom. The van der Waals surface area contributed by atoms with Gasteiger partial charge in [0, 0.05) is 36.3 Å². The molecule has 3 N–H and O–H groups in total. The largest absolute Gasteiger partial charge is 0.481 e. The number of carbonyl (C=O) groups is 3. The molecule has 1 aromatic carbocycles. The second kappa shape index (κ2) is 8.85. The molecule has 1 fully saturated rings. The van der Waals surface area contributed by atoms with E-state index in [0.29, 0.717) is 44.0 Å². The maximum atomic E-state index is 12.5. The third-order valence-electron chi connectivity index (χ3n) is 4.44. The van der Waals surface area contributed by atoms with Crippen LogP contribution in [0, 0.1) is 6.92 Å². The van der Waals surface area contributed by atoms with Crippen molar-refractivity contribution >= 4 is 23.6 Å². The number of morpholine rings is 1. The molecule has 0 spiro atoms. The SMILES string of the molecule is Cc1cc(C(=O)N2CCOCC2)ccc1NC(=O)NC(C)(C)CCC(=O)O. The van der Waals surface area contributed by atoms with Crippen molar-refractivity contribution in [3.05, 3.63) is 29.3 Å². The van der Waals surface area contributed by atoms with Crippen LogP contribution in [0.15, 0.2) is 18.2 Å². The van der Waals surface area contributed by atoms with E-state index in [1.807, 2.05) is 6.92 Å². The van der Waals surface area contributed by atoms with Crippen molar-refractivity contribution in [3.8, 4) is 0 Å². The van der Waals surface area contributed by atoms with Gasteiger partial charge in [0.15, 0.2) is 0 Å². The Balaban J connectivity index is 1.97. The van der Waals surface area contributed by atoms with Crippen LogP contribution in [-0.2, 0) is 9.53 Å². The number of rotatable bonds is 6. The number of hydrogen-bond donors (Lipinski definition) is 3. The standard InChI is InChI=1S/C19H27N3O5/c1-13-12-14(17(25)22-8-10-27-11-9-22)4-5-15(13)20-18(26)21-19(2,3)7-6-16(23)24/h4-5,12H,6-11H2,1-3H3,(H,23,24)(H2,20,21,26). The average Bonchev–Trinajstić information content (AvgIpc) is 2.61. The number of aliphatic carboxylic acids is 1. The van der Waals surface area contributed by atoms with Crippen molar-refractivity contribution in [3.63, 3.8) is 0 Å². The maximum Gasteiger partial charge on any atom is 0.319 e. The van der Waals surface area contributed by atoms with Gasteiger partial charge >= 0.3 is 12.0 Å². The molecule has 0 unspecified atom stereocenters. The number of hydrogen-bond acceptors (Lipinski definition) is 4. The van der Waals surface area contributed by atoms with Crippen molar-refractivity contribution in [2.45, 2.75) is 39.2 Å². The number of urea groups is 1. The molecule has 27 heavy (non-hydrogen) atoms. The highest BCUT2D eigenvalue weighted by molar-refractivity contribution is 5.96. The quantitative estimate of drug-likeness (QED) is 0.705. The van der Waals surface area contributed by atoms with Crippen molar-refractivity contribution in [2.75, 3.05) is 31.6 Å². The summed E-state index contributed by atoms with van der Waals surface area (Å²) in [7, 11) is 0. The summed E-state index contributed by atoms with van der Waals surface area (Å²) in [6.45, 7) is 7.60. The van der Waals surface area contributed by atoms with E-state index in [1.54, 1.807) is 36.9 Å². The Labute approximate surface area is 158 Å². The third kappa shape index (κ3) is 6.25. The molecule has 1 saturated heterocycles. The third-order valence-corrected chi connectivity index (χ3v) is 4.44. The van der Waals surface area contributed by atoms with E-state index in [9.17, 15) is 14.4 Å². The smallest absolute Gasteiger partial charge is 0.319 e. The molecular weight excluding hydrogens is 350 g/mol. The lowest BCUT2D eigenvalue weighted by molar-refractivity contribution is -0.137. The Morgan fingerprint density at radius 3 is 2.48 bits per heavy atom. The number of nitrogens with one attached hydrogen (secondary N) is 2. The van der Waals surface area contributed by atoms with E-state index in [0.717, 1.165) is 5.56 Å². The Bertz CT molecular complexity index is 711. The molecular formula is C19H27N3O5. The van der Waals surface area contributed by atoms with Crippen molar-refractivity contribution in [1.29, 1.82) is 0 Å². The number of carboxylic acids is 1. The zero-order valence-corrected chi connectivity index (χ0v) is 16.0. The molecule has 148 valence electrons.